The smallest absolute Gasteiger partial charge is 0.228 e. The zero-order chi connectivity index (χ0) is 17.2. The quantitative estimate of drug-likeness (QED) is 0.693. The third kappa shape index (κ3) is 4.37. The van der Waals surface area contributed by atoms with E-state index in [0.29, 0.717) is 18.9 Å². The molecule has 0 radical (unpaired) electrons. The van der Waals surface area contributed by atoms with Gasteiger partial charge in [-0.2, -0.15) is 0 Å². The van der Waals surface area contributed by atoms with Crippen molar-refractivity contribution in [2.24, 2.45) is 11.8 Å². The molecule has 0 aromatic heterocycles. The van der Waals surface area contributed by atoms with E-state index in [1.807, 2.05) is 24.0 Å². The van der Waals surface area contributed by atoms with Crippen molar-refractivity contribution < 1.29 is 9.53 Å². The average molecular weight is 370 g/mol. The zero-order valence-electron chi connectivity index (χ0n) is 14.1. The average Bonchev–Trinajstić information content (AvgIpc) is 3.23. The molecule has 1 amide bonds. The van der Waals surface area contributed by atoms with E-state index in [2.05, 4.69) is 12.1 Å². The van der Waals surface area contributed by atoms with Crippen molar-refractivity contribution in [1.82, 2.24) is 4.90 Å². The van der Waals surface area contributed by atoms with Gasteiger partial charge in [0.15, 0.2) is 0 Å². The lowest BCUT2D eigenvalue weighted by Gasteiger charge is -2.32. The van der Waals surface area contributed by atoms with Crippen LogP contribution in [0.15, 0.2) is 24.3 Å². The predicted molar refractivity (Wildman–Crippen MR) is 97.8 cm³/mol. The van der Waals surface area contributed by atoms with Crippen LogP contribution >= 0.6 is 23.2 Å². The molecule has 1 aromatic rings. The number of carbonyl (C=O) groups is 1. The number of nitrogens with zero attached hydrogens (tertiary/aromatic N) is 1. The van der Waals surface area contributed by atoms with Gasteiger partial charge in [-0.15, -0.1) is 23.2 Å². The molecular formula is C19H25Cl2NO2. The number of carbonyl (C=O) groups excluding carboxylic acids is 1. The molecule has 1 saturated heterocycles. The van der Waals surface area contributed by atoms with Crippen molar-refractivity contribution in [3.05, 3.63) is 29.8 Å². The molecule has 1 heterocycles. The summed E-state index contributed by atoms with van der Waals surface area (Å²) in [7, 11) is 0. The molecule has 2 aliphatic rings. The summed E-state index contributed by atoms with van der Waals surface area (Å²) >= 11 is 12.0. The minimum absolute atomic E-state index is 0.143. The Labute approximate surface area is 154 Å². The van der Waals surface area contributed by atoms with Crippen molar-refractivity contribution in [2.45, 2.75) is 43.4 Å². The summed E-state index contributed by atoms with van der Waals surface area (Å²) in [4.78, 5) is 14.2. The van der Waals surface area contributed by atoms with Gasteiger partial charge in [0, 0.05) is 13.1 Å². The second-order valence-corrected chi connectivity index (χ2v) is 8.44. The minimum atomic E-state index is -0.804. The van der Waals surface area contributed by atoms with Gasteiger partial charge in [0.25, 0.3) is 0 Å². The largest absolute Gasteiger partial charge is 0.494 e. The highest BCUT2D eigenvalue weighted by atomic mass is 35.5. The van der Waals surface area contributed by atoms with Crippen LogP contribution in [0.25, 0.3) is 0 Å². The molecule has 132 valence electrons. The molecule has 1 aliphatic carbocycles. The van der Waals surface area contributed by atoms with Gasteiger partial charge in [0.1, 0.15) is 10.1 Å². The van der Waals surface area contributed by atoms with E-state index in [0.717, 1.165) is 38.1 Å². The van der Waals surface area contributed by atoms with E-state index >= 15 is 0 Å². The Morgan fingerprint density at radius 1 is 1.25 bits per heavy atom. The standard InChI is InChI=1S/C19H25Cl2NO2/c1-2-24-16-7-5-14(6-8-16)3-4-15-9-11-22(12-10-15)18(23)17-13-19(17,20)21/h5-8,15,17H,2-4,9-13H2,1H3. The number of likely N-dealkylation sites (tertiary alicyclic amines) is 1. The SMILES string of the molecule is CCOc1ccc(CCC2CCN(C(=O)C3CC3(Cl)Cl)CC2)cc1. The van der Waals surface area contributed by atoms with Crippen LogP contribution in [0, 0.1) is 11.8 Å². The van der Waals surface area contributed by atoms with Crippen LogP contribution in [-0.2, 0) is 11.2 Å². The van der Waals surface area contributed by atoms with Crippen LogP contribution in [0.1, 0.15) is 38.2 Å². The Balaban J connectivity index is 1.40. The molecule has 1 atom stereocenters. The van der Waals surface area contributed by atoms with E-state index in [1.54, 1.807) is 0 Å². The fourth-order valence-corrected chi connectivity index (χ4v) is 3.93. The second-order valence-electron chi connectivity index (χ2n) is 6.90. The number of amides is 1. The first-order valence-electron chi connectivity index (χ1n) is 8.88. The van der Waals surface area contributed by atoms with Crippen molar-refractivity contribution >= 4 is 29.1 Å². The van der Waals surface area contributed by atoms with Crippen LogP contribution in [0.5, 0.6) is 5.75 Å². The first kappa shape index (κ1) is 17.9. The molecule has 0 spiro atoms. The molecule has 3 nitrogen and oxygen atoms in total. The van der Waals surface area contributed by atoms with E-state index in [4.69, 9.17) is 27.9 Å². The number of hydrogen-bond acceptors (Lipinski definition) is 2. The number of halogens is 2. The molecule has 0 N–H and O–H groups in total. The maximum atomic E-state index is 12.3. The van der Waals surface area contributed by atoms with E-state index in [-0.39, 0.29) is 11.8 Å². The fourth-order valence-electron chi connectivity index (χ4n) is 3.43. The Hall–Kier alpha value is -0.930. The topological polar surface area (TPSA) is 29.5 Å². The minimum Gasteiger partial charge on any atom is -0.494 e. The highest BCUT2D eigenvalue weighted by molar-refractivity contribution is 6.52. The zero-order valence-corrected chi connectivity index (χ0v) is 15.7. The van der Waals surface area contributed by atoms with Crippen LogP contribution in [0.2, 0.25) is 0 Å². The van der Waals surface area contributed by atoms with E-state index < -0.39 is 4.33 Å². The molecule has 5 heteroatoms. The summed E-state index contributed by atoms with van der Waals surface area (Å²) < 4.78 is 4.67. The molecule has 0 bridgehead atoms. The fraction of sp³-hybridized carbons (Fsp3) is 0.632. The van der Waals surface area contributed by atoms with Gasteiger partial charge in [0.2, 0.25) is 5.91 Å². The Morgan fingerprint density at radius 3 is 2.42 bits per heavy atom. The Morgan fingerprint density at radius 2 is 1.88 bits per heavy atom. The van der Waals surface area contributed by atoms with Gasteiger partial charge >= 0.3 is 0 Å². The van der Waals surface area contributed by atoms with Gasteiger partial charge in [-0.05, 0) is 62.6 Å². The van der Waals surface area contributed by atoms with Crippen LogP contribution in [0.4, 0.5) is 0 Å². The van der Waals surface area contributed by atoms with Gasteiger partial charge in [-0.3, -0.25) is 4.79 Å². The maximum Gasteiger partial charge on any atom is 0.228 e. The first-order chi connectivity index (χ1) is 11.5. The highest BCUT2D eigenvalue weighted by Crippen LogP contribution is 2.54. The summed E-state index contributed by atoms with van der Waals surface area (Å²) in [5.41, 5.74) is 1.35. The molecule has 1 saturated carbocycles. The summed E-state index contributed by atoms with van der Waals surface area (Å²) in [5, 5.41) is 0. The maximum absolute atomic E-state index is 12.3. The molecule has 1 aromatic carbocycles. The van der Waals surface area contributed by atoms with Crippen LogP contribution in [0.3, 0.4) is 0 Å². The summed E-state index contributed by atoms with van der Waals surface area (Å²) in [6.45, 7) is 4.38. The monoisotopic (exact) mass is 369 g/mol. The third-order valence-corrected chi connectivity index (χ3v) is 5.96. The highest BCUT2D eigenvalue weighted by Gasteiger charge is 2.57. The van der Waals surface area contributed by atoms with Crippen molar-refractivity contribution in [1.29, 1.82) is 0 Å². The summed E-state index contributed by atoms with van der Waals surface area (Å²) in [6.07, 6.45) is 5.02. The third-order valence-electron chi connectivity index (χ3n) is 5.13. The molecule has 1 unspecified atom stereocenters. The van der Waals surface area contributed by atoms with Crippen LogP contribution in [-0.4, -0.2) is 34.8 Å². The Kier molecular flexibility index (Phi) is 5.61. The lowest BCUT2D eigenvalue weighted by Crippen LogP contribution is -2.40. The number of alkyl halides is 2. The van der Waals surface area contributed by atoms with Gasteiger partial charge in [0.05, 0.1) is 12.5 Å². The van der Waals surface area contributed by atoms with Crippen LogP contribution < -0.4 is 4.74 Å². The number of rotatable bonds is 6. The molecule has 3 rings (SSSR count). The van der Waals surface area contributed by atoms with E-state index in [9.17, 15) is 4.79 Å². The van der Waals surface area contributed by atoms with Gasteiger partial charge in [-0.25, -0.2) is 0 Å². The summed E-state index contributed by atoms with van der Waals surface area (Å²) in [5.74, 6) is 1.59. The normalized spacial score (nSPS) is 23.1. The van der Waals surface area contributed by atoms with Gasteiger partial charge in [-0.1, -0.05) is 12.1 Å². The lowest BCUT2D eigenvalue weighted by atomic mass is 9.90. The van der Waals surface area contributed by atoms with Crippen molar-refractivity contribution in [3.63, 3.8) is 0 Å². The predicted octanol–water partition coefficient (Wildman–Crippen LogP) is 4.45. The number of ether oxygens (including phenoxy) is 1. The Bertz CT molecular complexity index is 565. The first-order valence-corrected chi connectivity index (χ1v) is 9.63. The number of hydrogen-bond donors (Lipinski definition) is 0. The molecule has 2 fully saturated rings. The number of benzene rings is 1. The van der Waals surface area contributed by atoms with Gasteiger partial charge < -0.3 is 9.64 Å². The number of piperidine rings is 1. The lowest BCUT2D eigenvalue weighted by molar-refractivity contribution is -0.134. The van der Waals surface area contributed by atoms with Crippen molar-refractivity contribution in [2.75, 3.05) is 19.7 Å². The van der Waals surface area contributed by atoms with E-state index in [1.165, 1.54) is 12.0 Å². The summed E-state index contributed by atoms with van der Waals surface area (Å²) in [6, 6.07) is 8.38. The van der Waals surface area contributed by atoms with Crippen molar-refractivity contribution in [3.8, 4) is 5.75 Å². The molecule has 1 aliphatic heterocycles. The second kappa shape index (κ2) is 7.53. The molecule has 24 heavy (non-hydrogen) atoms. The molecular weight excluding hydrogens is 345 g/mol. The number of aryl methyl sites for hydroxylation is 1.